The SMILES string of the molecule is COC(=O)CCNC(=O)c1cc(F)c(F)c(O)c1F. The van der Waals surface area contributed by atoms with Crippen molar-refractivity contribution in [3.8, 4) is 5.75 Å². The van der Waals surface area contributed by atoms with E-state index >= 15 is 0 Å². The molecule has 0 bridgehead atoms. The Kier molecular flexibility index (Phi) is 4.74. The van der Waals surface area contributed by atoms with Crippen LogP contribution < -0.4 is 5.32 Å². The third kappa shape index (κ3) is 3.36. The summed E-state index contributed by atoms with van der Waals surface area (Å²) in [5.41, 5.74) is -0.860. The Labute approximate surface area is 106 Å². The van der Waals surface area contributed by atoms with Gasteiger partial charge in [0.05, 0.1) is 19.1 Å². The van der Waals surface area contributed by atoms with Crippen LogP contribution in [0.1, 0.15) is 16.8 Å². The van der Waals surface area contributed by atoms with Gasteiger partial charge in [-0.3, -0.25) is 9.59 Å². The third-order valence-electron chi connectivity index (χ3n) is 2.22. The standard InChI is InChI=1S/C11H10F3NO4/c1-19-7(16)2-3-15-11(18)5-4-6(12)9(14)10(17)8(5)13/h4,17H,2-3H2,1H3,(H,15,18). The molecule has 0 aliphatic heterocycles. The highest BCUT2D eigenvalue weighted by Crippen LogP contribution is 2.25. The molecule has 0 spiro atoms. The summed E-state index contributed by atoms with van der Waals surface area (Å²) in [7, 11) is 1.15. The van der Waals surface area contributed by atoms with Crippen molar-refractivity contribution in [3.63, 3.8) is 0 Å². The van der Waals surface area contributed by atoms with Crippen molar-refractivity contribution in [2.45, 2.75) is 6.42 Å². The molecule has 0 fully saturated rings. The van der Waals surface area contributed by atoms with E-state index in [1.807, 2.05) is 0 Å². The molecule has 0 heterocycles. The summed E-state index contributed by atoms with van der Waals surface area (Å²) < 4.78 is 43.3. The Morgan fingerprint density at radius 1 is 1.32 bits per heavy atom. The zero-order valence-corrected chi connectivity index (χ0v) is 9.80. The molecule has 8 heteroatoms. The van der Waals surface area contributed by atoms with Gasteiger partial charge in [-0.15, -0.1) is 0 Å². The number of phenols is 1. The molecule has 19 heavy (non-hydrogen) atoms. The zero-order chi connectivity index (χ0) is 14.6. The van der Waals surface area contributed by atoms with Crippen LogP contribution in [0.5, 0.6) is 5.75 Å². The Bertz CT molecular complexity index is 519. The maximum absolute atomic E-state index is 13.3. The Morgan fingerprint density at radius 3 is 2.53 bits per heavy atom. The smallest absolute Gasteiger partial charge is 0.307 e. The molecule has 104 valence electrons. The van der Waals surface area contributed by atoms with Gasteiger partial charge in [0.2, 0.25) is 5.82 Å². The number of hydrogen-bond donors (Lipinski definition) is 2. The zero-order valence-electron chi connectivity index (χ0n) is 9.80. The van der Waals surface area contributed by atoms with E-state index in [1.165, 1.54) is 0 Å². The van der Waals surface area contributed by atoms with Gasteiger partial charge in [-0.1, -0.05) is 0 Å². The molecule has 0 aliphatic rings. The normalized spacial score (nSPS) is 10.1. The lowest BCUT2D eigenvalue weighted by molar-refractivity contribution is -0.140. The predicted octanol–water partition coefficient (Wildman–Crippen LogP) is 1.10. The molecule has 0 radical (unpaired) electrons. The number of hydrogen-bond acceptors (Lipinski definition) is 4. The number of carbonyl (C=O) groups excluding carboxylic acids is 2. The number of rotatable bonds is 4. The summed E-state index contributed by atoms with van der Waals surface area (Å²) in [4.78, 5) is 22.2. The van der Waals surface area contributed by atoms with Crippen LogP contribution in [0.3, 0.4) is 0 Å². The number of esters is 1. The predicted molar refractivity (Wildman–Crippen MR) is 56.9 cm³/mol. The summed E-state index contributed by atoms with van der Waals surface area (Å²) in [5, 5.41) is 11.0. The van der Waals surface area contributed by atoms with Crippen molar-refractivity contribution in [1.82, 2.24) is 5.32 Å². The summed E-state index contributed by atoms with van der Waals surface area (Å²) in [6.45, 7) is -0.176. The lowest BCUT2D eigenvalue weighted by Crippen LogP contribution is -2.27. The second-order valence-electron chi connectivity index (χ2n) is 3.46. The molecule has 0 saturated carbocycles. The molecule has 5 nitrogen and oxygen atoms in total. The fourth-order valence-electron chi connectivity index (χ4n) is 1.23. The van der Waals surface area contributed by atoms with E-state index in [-0.39, 0.29) is 13.0 Å². The van der Waals surface area contributed by atoms with E-state index in [0.717, 1.165) is 7.11 Å². The van der Waals surface area contributed by atoms with Gasteiger partial charge in [-0.2, -0.15) is 4.39 Å². The van der Waals surface area contributed by atoms with E-state index in [9.17, 15) is 22.8 Å². The Hall–Kier alpha value is -2.25. The van der Waals surface area contributed by atoms with Gasteiger partial charge in [-0.05, 0) is 6.07 Å². The maximum Gasteiger partial charge on any atom is 0.307 e. The third-order valence-corrected chi connectivity index (χ3v) is 2.22. The minimum absolute atomic E-state index is 0.167. The summed E-state index contributed by atoms with van der Waals surface area (Å²) in [5.74, 6) is -8.17. The Morgan fingerprint density at radius 2 is 1.95 bits per heavy atom. The number of methoxy groups -OCH3 is 1. The van der Waals surface area contributed by atoms with Crippen LogP contribution in [-0.2, 0) is 9.53 Å². The van der Waals surface area contributed by atoms with Gasteiger partial charge >= 0.3 is 5.97 Å². The highest BCUT2D eigenvalue weighted by molar-refractivity contribution is 5.95. The number of carbonyl (C=O) groups is 2. The number of benzene rings is 1. The van der Waals surface area contributed by atoms with Crippen LogP contribution >= 0.6 is 0 Å². The first kappa shape index (κ1) is 14.8. The monoisotopic (exact) mass is 277 g/mol. The van der Waals surface area contributed by atoms with Crippen LogP contribution in [-0.4, -0.2) is 30.6 Å². The summed E-state index contributed by atoms with van der Waals surface area (Å²) in [6, 6.07) is 0.317. The van der Waals surface area contributed by atoms with Crippen LogP contribution in [0, 0.1) is 17.5 Å². The summed E-state index contributed by atoms with van der Waals surface area (Å²) >= 11 is 0. The molecule has 0 aromatic heterocycles. The highest BCUT2D eigenvalue weighted by Gasteiger charge is 2.22. The molecule has 2 N–H and O–H groups in total. The summed E-state index contributed by atoms with van der Waals surface area (Å²) in [6.07, 6.45) is -0.167. The number of phenolic OH excluding ortho intramolecular Hbond substituents is 1. The van der Waals surface area contributed by atoms with Gasteiger partial charge in [-0.25, -0.2) is 8.78 Å². The number of halogens is 3. The van der Waals surface area contributed by atoms with Gasteiger partial charge in [0.25, 0.3) is 5.91 Å². The van der Waals surface area contributed by atoms with Crippen molar-refractivity contribution in [1.29, 1.82) is 0 Å². The topological polar surface area (TPSA) is 75.6 Å². The van der Waals surface area contributed by atoms with Crippen LogP contribution in [0.4, 0.5) is 13.2 Å². The van der Waals surface area contributed by atoms with E-state index in [2.05, 4.69) is 10.1 Å². The first-order chi connectivity index (χ1) is 8.88. The average molecular weight is 277 g/mol. The van der Waals surface area contributed by atoms with E-state index in [1.54, 1.807) is 0 Å². The fourth-order valence-corrected chi connectivity index (χ4v) is 1.23. The van der Waals surface area contributed by atoms with Gasteiger partial charge in [0.15, 0.2) is 17.4 Å². The molecular weight excluding hydrogens is 267 g/mol. The lowest BCUT2D eigenvalue weighted by Gasteiger charge is -2.07. The van der Waals surface area contributed by atoms with Crippen molar-refractivity contribution >= 4 is 11.9 Å². The molecule has 1 amide bonds. The van der Waals surface area contributed by atoms with Crippen molar-refractivity contribution in [2.24, 2.45) is 0 Å². The first-order valence-corrected chi connectivity index (χ1v) is 5.10. The average Bonchev–Trinajstić information content (AvgIpc) is 2.39. The first-order valence-electron chi connectivity index (χ1n) is 5.10. The van der Waals surface area contributed by atoms with Crippen molar-refractivity contribution in [2.75, 3.05) is 13.7 Å². The second-order valence-corrected chi connectivity index (χ2v) is 3.46. The quantitative estimate of drug-likeness (QED) is 0.638. The van der Waals surface area contributed by atoms with E-state index in [4.69, 9.17) is 5.11 Å². The number of amides is 1. The number of aromatic hydroxyl groups is 1. The molecule has 0 aliphatic carbocycles. The van der Waals surface area contributed by atoms with Crippen LogP contribution in [0.25, 0.3) is 0 Å². The lowest BCUT2D eigenvalue weighted by atomic mass is 10.1. The second kappa shape index (κ2) is 6.07. The Balaban J connectivity index is 2.81. The minimum atomic E-state index is -1.77. The maximum atomic E-state index is 13.3. The molecule has 1 aromatic carbocycles. The van der Waals surface area contributed by atoms with E-state index in [0.29, 0.717) is 6.07 Å². The molecule has 1 rings (SSSR count). The molecule has 1 aromatic rings. The molecular formula is C11H10F3NO4. The molecule has 0 atom stereocenters. The van der Waals surface area contributed by atoms with Gasteiger partial charge in [0.1, 0.15) is 0 Å². The molecule has 0 unspecified atom stereocenters. The van der Waals surface area contributed by atoms with Crippen LogP contribution in [0.2, 0.25) is 0 Å². The minimum Gasteiger partial charge on any atom is -0.503 e. The molecule has 0 saturated heterocycles. The van der Waals surface area contributed by atoms with Gasteiger partial charge < -0.3 is 15.2 Å². The van der Waals surface area contributed by atoms with Gasteiger partial charge in [0, 0.05) is 6.54 Å². The number of nitrogens with one attached hydrogen (secondary N) is 1. The number of ether oxygens (including phenoxy) is 1. The van der Waals surface area contributed by atoms with Crippen LogP contribution in [0.15, 0.2) is 6.07 Å². The fraction of sp³-hybridized carbons (Fsp3) is 0.273. The van der Waals surface area contributed by atoms with Crippen molar-refractivity contribution < 1.29 is 32.6 Å². The van der Waals surface area contributed by atoms with Crippen molar-refractivity contribution in [3.05, 3.63) is 29.1 Å². The largest absolute Gasteiger partial charge is 0.503 e. The highest BCUT2D eigenvalue weighted by atomic mass is 19.2. The van der Waals surface area contributed by atoms with E-state index < -0.39 is 40.6 Å².